The van der Waals surface area contributed by atoms with Crippen molar-refractivity contribution >= 4 is 72.9 Å². The average molecular weight is 975 g/mol. The molecule has 0 radical (unpaired) electrons. The Kier molecular flexibility index (Phi) is 17.7. The summed E-state index contributed by atoms with van der Waals surface area (Å²) in [5, 5.41) is 16.0. The predicted molar refractivity (Wildman–Crippen MR) is 236 cm³/mol. The number of pyridine rings is 1. The van der Waals surface area contributed by atoms with E-state index in [0.29, 0.717) is 0 Å². The van der Waals surface area contributed by atoms with Gasteiger partial charge in [-0.3, -0.25) is 4.98 Å². The van der Waals surface area contributed by atoms with Gasteiger partial charge in [-0.25, -0.2) is 9.97 Å². The molecule has 2 heterocycles. The van der Waals surface area contributed by atoms with Crippen molar-refractivity contribution < 1.29 is 54.6 Å². The monoisotopic (exact) mass is 975 g/mol. The first-order chi connectivity index (χ1) is 28.6. The van der Waals surface area contributed by atoms with Gasteiger partial charge in [-0.15, -0.1) is 0 Å². The van der Waals surface area contributed by atoms with Gasteiger partial charge >= 0.3 is 52.5 Å². The van der Waals surface area contributed by atoms with Crippen molar-refractivity contribution in [3.05, 3.63) is 200 Å². The van der Waals surface area contributed by atoms with Gasteiger partial charge in [-0.1, -0.05) is 152 Å². The number of halogens is 6. The normalized spacial score (nSPS) is 11.9. The summed E-state index contributed by atoms with van der Waals surface area (Å²) in [5.74, 6) is -1.24. The van der Waals surface area contributed by atoms with Crippen LogP contribution in [0.1, 0.15) is 23.3 Å². The molecule has 0 N–H and O–H groups in total. The van der Waals surface area contributed by atoms with E-state index in [9.17, 15) is 35.1 Å². The number of unbranched alkanes of at least 4 members (excludes halogenated alkanes) is 1. The van der Waals surface area contributed by atoms with Crippen LogP contribution in [0.2, 0.25) is 0 Å². The molecule has 8 aromatic rings. The quantitative estimate of drug-likeness (QED) is 0.0448. The van der Waals surface area contributed by atoms with E-state index >= 15 is 0 Å². The zero-order chi connectivity index (χ0) is 42.9. The van der Waals surface area contributed by atoms with Gasteiger partial charge in [0.15, 0.2) is 0 Å². The number of para-hydroxylation sites is 4. The number of carbonyl (C=O) groups is 1. The summed E-state index contributed by atoms with van der Waals surface area (Å²) in [6.45, 7) is 0. The minimum atomic E-state index is -10.7. The van der Waals surface area contributed by atoms with E-state index in [2.05, 4.69) is 136 Å². The fourth-order valence-corrected chi connectivity index (χ4v) is 10.7. The molecule has 0 fully saturated rings. The molecule has 0 atom stereocenters. The number of rotatable bonds is 10. The first-order valence-corrected chi connectivity index (χ1v) is 23.7. The van der Waals surface area contributed by atoms with Crippen molar-refractivity contribution in [2.75, 3.05) is 12.3 Å². The van der Waals surface area contributed by atoms with Crippen molar-refractivity contribution in [1.82, 2.24) is 15.0 Å². The molecule has 0 saturated carbocycles. The van der Waals surface area contributed by atoms with E-state index in [-0.39, 0.29) is 41.0 Å². The summed E-state index contributed by atoms with van der Waals surface area (Å²) in [7, 11) is -11.2. The molecule has 0 unspecified atom stereocenters. The van der Waals surface area contributed by atoms with Gasteiger partial charge in [0.1, 0.15) is 0 Å². The number of aromatic nitrogens is 3. The van der Waals surface area contributed by atoms with Crippen LogP contribution in [0, 0.1) is 0 Å². The molecule has 0 aliphatic heterocycles. The fourth-order valence-electron chi connectivity index (χ4n) is 5.84. The summed E-state index contributed by atoms with van der Waals surface area (Å²) < 4.78 is 59.2. The fraction of sp³-hybridized carbons (Fsp3) is 0.0870. The molecule has 2 aromatic heterocycles. The van der Waals surface area contributed by atoms with E-state index in [1.54, 1.807) is 12.1 Å². The Morgan fingerprint density at radius 2 is 0.705 bits per heavy atom. The zero-order valence-electron chi connectivity index (χ0n) is 32.4. The van der Waals surface area contributed by atoms with Crippen LogP contribution in [0.4, 0.5) is 25.2 Å². The van der Waals surface area contributed by atoms with Crippen molar-refractivity contribution in [2.45, 2.75) is 12.8 Å². The van der Waals surface area contributed by atoms with Crippen molar-refractivity contribution in [3.63, 3.8) is 0 Å². The van der Waals surface area contributed by atoms with Crippen LogP contribution in [-0.4, -0.2) is 33.2 Å². The topological polar surface area (TPSA) is 78.8 Å². The van der Waals surface area contributed by atoms with Crippen molar-refractivity contribution in [3.8, 4) is 0 Å². The van der Waals surface area contributed by atoms with E-state index < -0.39 is 13.8 Å². The zero-order valence-corrected chi connectivity index (χ0v) is 36.8. The van der Waals surface area contributed by atoms with Crippen LogP contribution in [0.3, 0.4) is 0 Å². The number of carboxylic acid groups (broad SMARTS) is 1. The maximum atomic E-state index is 10.0. The Bertz CT molecular complexity index is 2260. The van der Waals surface area contributed by atoms with E-state index in [4.69, 9.17) is 0 Å². The van der Waals surface area contributed by atoms with E-state index in [0.717, 1.165) is 22.1 Å². The van der Waals surface area contributed by atoms with Crippen molar-refractivity contribution in [1.29, 1.82) is 0 Å². The minimum Gasteiger partial charge on any atom is -0.543 e. The Morgan fingerprint density at radius 1 is 0.443 bits per heavy atom. The molecule has 0 aliphatic rings. The van der Waals surface area contributed by atoms with Gasteiger partial charge in [0, 0.05) is 6.20 Å². The second kappa shape index (κ2) is 22.2. The molecule has 8 rings (SSSR count). The number of aromatic carboxylic acids is 1. The van der Waals surface area contributed by atoms with Gasteiger partial charge in [-0.05, 0) is 98.6 Å². The van der Waals surface area contributed by atoms with E-state index in [1.165, 1.54) is 58.6 Å². The summed E-state index contributed by atoms with van der Waals surface area (Å²) in [6, 6.07) is 64.8. The summed E-state index contributed by atoms with van der Waals surface area (Å²) in [4.78, 5) is 22.6. The first-order valence-electron chi connectivity index (χ1n) is 18.7. The number of carboxylic acids is 1. The minimum absolute atomic E-state index is 0. The van der Waals surface area contributed by atoms with Crippen LogP contribution in [-0.2, 0) is 19.5 Å². The predicted octanol–water partition coefficient (Wildman–Crippen LogP) is 11.6. The smallest absolute Gasteiger partial charge is 0.543 e. The number of carbonyl (C=O) groups excluding carboxylic acids is 1. The van der Waals surface area contributed by atoms with Crippen LogP contribution >= 0.6 is 23.7 Å². The Morgan fingerprint density at radius 3 is 0.934 bits per heavy atom. The van der Waals surface area contributed by atoms with Gasteiger partial charge < -0.3 is 9.90 Å². The molecule has 5 nitrogen and oxygen atoms in total. The molecule has 0 spiro atoms. The molecule has 15 heteroatoms. The summed E-state index contributed by atoms with van der Waals surface area (Å²) in [5.41, 5.74) is 3.77. The van der Waals surface area contributed by atoms with E-state index in [1.807, 2.05) is 48.5 Å². The third kappa shape index (κ3) is 18.3. The maximum absolute atomic E-state index is 10.7. The molecule has 0 saturated heterocycles. The number of fused-ring (bicyclic) bond motifs is 2. The van der Waals surface area contributed by atoms with Crippen LogP contribution in [0.5, 0.6) is 0 Å². The van der Waals surface area contributed by atoms with Crippen LogP contribution < -0.4 is 26.3 Å². The Balaban J connectivity index is 0.000000216. The molecule has 6 aromatic carbocycles. The molecule has 0 amide bonds. The largest absolute Gasteiger partial charge is 2.00 e. The number of hydrogen-bond acceptors (Lipinski definition) is 5. The van der Waals surface area contributed by atoms with Gasteiger partial charge in [0.05, 0.1) is 33.7 Å². The molecule has 61 heavy (non-hydrogen) atoms. The first kappa shape index (κ1) is 48.7. The van der Waals surface area contributed by atoms with Gasteiger partial charge in [-0.2, -0.15) is 0 Å². The third-order valence-corrected chi connectivity index (χ3v) is 13.6. The molecule has 0 aliphatic carbocycles. The molecule has 0 bridgehead atoms. The number of benzene rings is 6. The second-order valence-electron chi connectivity index (χ2n) is 13.0. The van der Waals surface area contributed by atoms with Crippen LogP contribution in [0.15, 0.2) is 194 Å². The van der Waals surface area contributed by atoms with Gasteiger partial charge in [0.2, 0.25) is 0 Å². The number of nitrogens with zero attached hydrogens (tertiary/aromatic N) is 3. The maximum Gasteiger partial charge on any atom is 2.00 e. The summed E-state index contributed by atoms with van der Waals surface area (Å²) in [6.07, 6.45) is 6.47. The average Bonchev–Trinajstić information content (AvgIpc) is 3.25. The Labute approximate surface area is 365 Å². The SMILES string of the molecule is F[P-](F)(F)(F)(F)F.O=C([O-])c1ccccn1.[Ru+2].c1ccc(P(CCCCP(c2ccccc2)c2ccccc2)c2ccccc2)cc1.c1ccc2nc3ccccc3nc2c1. The standard InChI is InChI=1S/C28H28P2.C12H8N2.C6H5NO2.F6P.Ru/c1-5-15-25(16-6-1)29(26-17-7-2-8-18-26)23-13-14-24-30(27-19-9-3-10-20-27)28-21-11-4-12-22-28;1-2-6-10-9(5-1)13-11-7-3-4-8-12(11)14-10;8-6(9)5-3-1-2-4-7-5;1-7(2,3,4,5)6;/h1-12,15-22H,13-14,23-24H2;1-8H;1-4H,(H,8,9);;/q;;;-1;+2/p-1. The third-order valence-electron chi connectivity index (χ3n) is 8.40. The molecular weight excluding hydrogens is 935 g/mol. The number of hydrogen-bond donors (Lipinski definition) is 0. The summed E-state index contributed by atoms with van der Waals surface area (Å²) >= 11 is 0. The Hall–Kier alpha value is -4.97. The van der Waals surface area contributed by atoms with Gasteiger partial charge in [0.25, 0.3) is 0 Å². The molecular formula is C46H40F6N3O2P3Ru. The van der Waals surface area contributed by atoms with Crippen molar-refractivity contribution in [2.24, 2.45) is 0 Å². The molecule has 316 valence electrons. The second-order valence-corrected chi connectivity index (χ2v) is 19.6. The van der Waals surface area contributed by atoms with Crippen LogP contribution in [0.25, 0.3) is 22.1 Å².